The van der Waals surface area contributed by atoms with E-state index in [9.17, 15) is 5.11 Å². The SMILES string of the molecule is CC(C)(C)c1cc(CBr)c(O)c(OCc2ccccc2)c1. The van der Waals surface area contributed by atoms with Crippen LogP contribution in [0, 0.1) is 0 Å². The third-order valence-corrected chi connectivity index (χ3v) is 4.01. The van der Waals surface area contributed by atoms with Gasteiger partial charge < -0.3 is 9.84 Å². The highest BCUT2D eigenvalue weighted by molar-refractivity contribution is 9.08. The van der Waals surface area contributed by atoms with Crippen LogP contribution < -0.4 is 4.74 Å². The maximum Gasteiger partial charge on any atom is 0.162 e. The zero-order chi connectivity index (χ0) is 15.5. The average Bonchev–Trinajstić information content (AvgIpc) is 2.46. The smallest absolute Gasteiger partial charge is 0.162 e. The molecule has 0 fully saturated rings. The summed E-state index contributed by atoms with van der Waals surface area (Å²) in [7, 11) is 0. The molecule has 1 N–H and O–H groups in total. The van der Waals surface area contributed by atoms with Gasteiger partial charge in [0.05, 0.1) is 0 Å². The fraction of sp³-hybridized carbons (Fsp3) is 0.333. The van der Waals surface area contributed by atoms with E-state index in [1.165, 1.54) is 0 Å². The molecule has 0 atom stereocenters. The first-order valence-corrected chi connectivity index (χ1v) is 8.13. The Morgan fingerprint density at radius 1 is 1.10 bits per heavy atom. The van der Waals surface area contributed by atoms with Gasteiger partial charge in [-0.2, -0.15) is 0 Å². The van der Waals surface area contributed by atoms with E-state index in [0.29, 0.717) is 17.7 Å². The lowest BCUT2D eigenvalue weighted by molar-refractivity contribution is 0.287. The molecule has 2 rings (SSSR count). The molecule has 0 spiro atoms. The Morgan fingerprint density at radius 3 is 2.33 bits per heavy atom. The zero-order valence-electron chi connectivity index (χ0n) is 12.7. The highest BCUT2D eigenvalue weighted by Gasteiger charge is 2.19. The molecule has 0 aliphatic rings. The minimum atomic E-state index is 0.00940. The van der Waals surface area contributed by atoms with Crippen LogP contribution in [0.3, 0.4) is 0 Å². The number of phenols is 1. The van der Waals surface area contributed by atoms with Crippen LogP contribution >= 0.6 is 15.9 Å². The highest BCUT2D eigenvalue weighted by atomic mass is 79.9. The molecule has 0 unspecified atom stereocenters. The molecule has 0 saturated carbocycles. The molecule has 0 aromatic heterocycles. The number of halogens is 1. The van der Waals surface area contributed by atoms with Gasteiger partial charge in [0.2, 0.25) is 0 Å². The Bertz CT molecular complexity index is 601. The standard InChI is InChI=1S/C18H21BrO2/c1-18(2,3)15-9-14(11-19)17(20)16(10-15)21-12-13-7-5-4-6-8-13/h4-10,20H,11-12H2,1-3H3. The number of phenolic OH excluding ortho intramolecular Hbond substituents is 1. The molecule has 0 aliphatic heterocycles. The average molecular weight is 349 g/mol. The van der Waals surface area contributed by atoms with Crippen LogP contribution in [0.2, 0.25) is 0 Å². The van der Waals surface area contributed by atoms with Crippen molar-refractivity contribution in [2.24, 2.45) is 0 Å². The minimum absolute atomic E-state index is 0.00940. The lowest BCUT2D eigenvalue weighted by atomic mass is 9.86. The van der Waals surface area contributed by atoms with Gasteiger partial charge in [0.1, 0.15) is 6.61 Å². The second-order valence-corrected chi connectivity index (χ2v) is 6.70. The maximum absolute atomic E-state index is 10.3. The van der Waals surface area contributed by atoms with Gasteiger partial charge in [0.25, 0.3) is 0 Å². The van der Waals surface area contributed by atoms with Gasteiger partial charge in [-0.3, -0.25) is 0 Å². The predicted molar refractivity (Wildman–Crippen MR) is 90.2 cm³/mol. The van der Waals surface area contributed by atoms with Crippen molar-refractivity contribution in [2.75, 3.05) is 0 Å². The number of ether oxygens (including phenoxy) is 1. The lowest BCUT2D eigenvalue weighted by Gasteiger charge is -2.22. The Hall–Kier alpha value is -1.48. The second kappa shape index (κ2) is 6.52. The topological polar surface area (TPSA) is 29.5 Å². The molecule has 2 aromatic rings. The van der Waals surface area contributed by atoms with Crippen molar-refractivity contribution >= 4 is 15.9 Å². The van der Waals surface area contributed by atoms with E-state index in [0.717, 1.165) is 16.7 Å². The van der Waals surface area contributed by atoms with Crippen LogP contribution in [0.25, 0.3) is 0 Å². The normalized spacial score (nSPS) is 11.4. The molecule has 0 amide bonds. The van der Waals surface area contributed by atoms with Crippen molar-refractivity contribution in [1.29, 1.82) is 0 Å². The predicted octanol–water partition coefficient (Wildman–Crippen LogP) is 5.16. The number of hydrogen-bond acceptors (Lipinski definition) is 2. The van der Waals surface area contributed by atoms with E-state index in [1.807, 2.05) is 42.5 Å². The highest BCUT2D eigenvalue weighted by Crippen LogP contribution is 2.37. The van der Waals surface area contributed by atoms with E-state index in [1.54, 1.807) is 0 Å². The summed E-state index contributed by atoms with van der Waals surface area (Å²) in [6.07, 6.45) is 0. The van der Waals surface area contributed by atoms with Crippen molar-refractivity contribution < 1.29 is 9.84 Å². The molecule has 2 aromatic carbocycles. The van der Waals surface area contributed by atoms with Crippen molar-refractivity contribution in [2.45, 2.75) is 38.1 Å². The van der Waals surface area contributed by atoms with Gasteiger partial charge in [-0.1, -0.05) is 73.1 Å². The molecule has 0 aliphatic carbocycles. The molecular formula is C18H21BrO2. The van der Waals surface area contributed by atoms with Crippen LogP contribution in [0.1, 0.15) is 37.5 Å². The van der Waals surface area contributed by atoms with Crippen LogP contribution in [0.5, 0.6) is 11.5 Å². The summed E-state index contributed by atoms with van der Waals surface area (Å²) in [5.74, 6) is 0.761. The Morgan fingerprint density at radius 2 is 1.76 bits per heavy atom. The van der Waals surface area contributed by atoms with Crippen LogP contribution in [-0.4, -0.2) is 5.11 Å². The number of benzene rings is 2. The molecule has 0 radical (unpaired) electrons. The first-order valence-electron chi connectivity index (χ1n) is 7.01. The summed E-state index contributed by atoms with van der Waals surface area (Å²) in [6.45, 7) is 6.90. The Kier molecular flexibility index (Phi) is 4.94. The van der Waals surface area contributed by atoms with E-state index < -0.39 is 0 Å². The fourth-order valence-corrected chi connectivity index (χ4v) is 2.47. The number of aromatic hydroxyl groups is 1. The molecule has 112 valence electrons. The van der Waals surface area contributed by atoms with Crippen molar-refractivity contribution in [3.8, 4) is 11.5 Å². The Balaban J connectivity index is 2.29. The maximum atomic E-state index is 10.3. The van der Waals surface area contributed by atoms with E-state index in [-0.39, 0.29) is 11.2 Å². The van der Waals surface area contributed by atoms with Crippen LogP contribution in [-0.2, 0) is 17.4 Å². The molecule has 0 saturated heterocycles. The summed E-state index contributed by atoms with van der Waals surface area (Å²) in [6, 6.07) is 13.9. The summed E-state index contributed by atoms with van der Waals surface area (Å²) < 4.78 is 5.83. The summed E-state index contributed by atoms with van der Waals surface area (Å²) in [5.41, 5.74) is 3.09. The first-order chi connectivity index (χ1) is 9.91. The lowest BCUT2D eigenvalue weighted by Crippen LogP contribution is -2.12. The second-order valence-electron chi connectivity index (χ2n) is 6.14. The molecule has 2 nitrogen and oxygen atoms in total. The third-order valence-electron chi connectivity index (χ3n) is 3.40. The Labute approximate surface area is 134 Å². The summed E-state index contributed by atoms with van der Waals surface area (Å²) >= 11 is 3.42. The monoisotopic (exact) mass is 348 g/mol. The van der Waals surface area contributed by atoms with Gasteiger partial charge in [-0.05, 0) is 22.6 Å². The van der Waals surface area contributed by atoms with Gasteiger partial charge in [-0.15, -0.1) is 0 Å². The zero-order valence-corrected chi connectivity index (χ0v) is 14.3. The minimum Gasteiger partial charge on any atom is -0.504 e. The van der Waals surface area contributed by atoms with E-state index >= 15 is 0 Å². The summed E-state index contributed by atoms with van der Waals surface area (Å²) in [4.78, 5) is 0. The van der Waals surface area contributed by atoms with Crippen molar-refractivity contribution in [3.63, 3.8) is 0 Å². The molecule has 0 bridgehead atoms. The van der Waals surface area contributed by atoms with Gasteiger partial charge in [-0.25, -0.2) is 0 Å². The van der Waals surface area contributed by atoms with Crippen molar-refractivity contribution in [1.82, 2.24) is 0 Å². The van der Waals surface area contributed by atoms with Crippen LogP contribution in [0.15, 0.2) is 42.5 Å². The first kappa shape index (κ1) is 15.9. The van der Waals surface area contributed by atoms with Gasteiger partial charge in [0, 0.05) is 10.9 Å². The number of rotatable bonds is 4. The van der Waals surface area contributed by atoms with E-state index in [2.05, 4.69) is 36.7 Å². The number of hydrogen-bond donors (Lipinski definition) is 1. The van der Waals surface area contributed by atoms with Crippen molar-refractivity contribution in [3.05, 3.63) is 59.2 Å². The van der Waals surface area contributed by atoms with Crippen LogP contribution in [0.4, 0.5) is 0 Å². The summed E-state index contributed by atoms with van der Waals surface area (Å²) in [5, 5.41) is 10.9. The molecular weight excluding hydrogens is 328 g/mol. The van der Waals surface area contributed by atoms with E-state index in [4.69, 9.17) is 4.74 Å². The fourth-order valence-electron chi connectivity index (χ4n) is 2.05. The van der Waals surface area contributed by atoms with Gasteiger partial charge in [0.15, 0.2) is 11.5 Å². The van der Waals surface area contributed by atoms with Gasteiger partial charge >= 0.3 is 0 Å². The largest absolute Gasteiger partial charge is 0.504 e. The quantitative estimate of drug-likeness (QED) is 0.772. The molecule has 21 heavy (non-hydrogen) atoms. The molecule has 0 heterocycles. The third kappa shape index (κ3) is 4.01. The molecule has 3 heteroatoms. The number of alkyl halides is 1.